The average molecular weight is 455 g/mol. The molecular weight excluding hydrogens is 431 g/mol. The number of nitrogens with zero attached hydrogens (tertiary/aromatic N) is 3. The van der Waals surface area contributed by atoms with Gasteiger partial charge in [-0.25, -0.2) is 4.79 Å². The number of aromatic nitrogens is 2. The Balaban J connectivity index is 1.67. The predicted octanol–water partition coefficient (Wildman–Crippen LogP) is 3.72. The number of hydrogen-bond donors (Lipinski definition) is 1. The zero-order chi connectivity index (χ0) is 21.0. The molecule has 6 nitrogen and oxygen atoms in total. The first kappa shape index (κ1) is 22.2. The molecule has 1 aliphatic carbocycles. The molecule has 0 fully saturated rings. The van der Waals surface area contributed by atoms with Crippen molar-refractivity contribution >= 4 is 46.6 Å². The number of halogens is 2. The van der Waals surface area contributed by atoms with Crippen LogP contribution in [0.1, 0.15) is 24.1 Å². The highest BCUT2D eigenvalue weighted by atomic mass is 35.5. The second-order valence-electron chi connectivity index (χ2n) is 7.25. The van der Waals surface area contributed by atoms with Gasteiger partial charge in [0.05, 0.1) is 15.8 Å². The van der Waals surface area contributed by atoms with Gasteiger partial charge in [0.25, 0.3) is 0 Å². The van der Waals surface area contributed by atoms with E-state index in [-0.39, 0.29) is 17.3 Å². The van der Waals surface area contributed by atoms with E-state index in [2.05, 4.69) is 15.2 Å². The van der Waals surface area contributed by atoms with Crippen LogP contribution in [-0.4, -0.2) is 46.8 Å². The van der Waals surface area contributed by atoms with Gasteiger partial charge >= 0.3 is 5.69 Å². The molecule has 3 rings (SSSR count). The van der Waals surface area contributed by atoms with E-state index in [0.717, 1.165) is 43.5 Å². The Bertz CT molecular complexity index is 962. The minimum atomic E-state index is -0.225. The van der Waals surface area contributed by atoms with E-state index in [4.69, 9.17) is 23.2 Å². The topological polar surface area (TPSA) is 67.2 Å². The Morgan fingerprint density at radius 1 is 1.28 bits per heavy atom. The monoisotopic (exact) mass is 454 g/mol. The molecule has 156 valence electrons. The smallest absolute Gasteiger partial charge is 0.325 e. The van der Waals surface area contributed by atoms with E-state index in [9.17, 15) is 9.59 Å². The van der Waals surface area contributed by atoms with Crippen LogP contribution in [0.5, 0.6) is 0 Å². The summed E-state index contributed by atoms with van der Waals surface area (Å²) < 4.78 is 1.81. The fourth-order valence-electron chi connectivity index (χ4n) is 3.39. The van der Waals surface area contributed by atoms with Gasteiger partial charge in [-0.05, 0) is 64.5 Å². The summed E-state index contributed by atoms with van der Waals surface area (Å²) in [7, 11) is 4.04. The molecule has 1 amide bonds. The third-order valence-corrected chi connectivity index (χ3v) is 6.49. The Kier molecular flexibility index (Phi) is 7.62. The first-order valence-electron chi connectivity index (χ1n) is 9.50. The largest absolute Gasteiger partial charge is 0.348 e. The lowest BCUT2D eigenvalue weighted by Gasteiger charge is -2.15. The van der Waals surface area contributed by atoms with Crippen molar-refractivity contribution < 1.29 is 4.79 Å². The van der Waals surface area contributed by atoms with E-state index in [0.29, 0.717) is 27.3 Å². The summed E-state index contributed by atoms with van der Waals surface area (Å²) in [5.74, 6) is -0.0128. The van der Waals surface area contributed by atoms with Crippen molar-refractivity contribution in [3.8, 4) is 0 Å². The molecule has 0 aliphatic heterocycles. The van der Waals surface area contributed by atoms with Crippen LogP contribution in [0.3, 0.4) is 0 Å². The van der Waals surface area contributed by atoms with Crippen LogP contribution in [0, 0.1) is 0 Å². The van der Waals surface area contributed by atoms with Crippen molar-refractivity contribution in [1.29, 1.82) is 0 Å². The van der Waals surface area contributed by atoms with Crippen LogP contribution < -0.4 is 11.0 Å². The van der Waals surface area contributed by atoms with Crippen molar-refractivity contribution in [2.45, 2.75) is 37.3 Å². The normalized spacial score (nSPS) is 13.0. The molecular formula is C20H24Cl2N4O2S. The van der Waals surface area contributed by atoms with Crippen LogP contribution in [0.25, 0.3) is 0 Å². The fourth-order valence-corrected chi connectivity index (χ4v) is 4.56. The number of benzene rings is 1. The van der Waals surface area contributed by atoms with Crippen molar-refractivity contribution in [1.82, 2.24) is 14.5 Å². The SMILES string of the molecule is CN(C)CCCn1c2c(c(SCC(=O)Nc3ccc(Cl)c(Cl)c3)nc1=O)CCC2. The maximum Gasteiger partial charge on any atom is 0.348 e. The molecule has 0 bridgehead atoms. The third-order valence-electron chi connectivity index (χ3n) is 4.73. The summed E-state index contributed by atoms with van der Waals surface area (Å²) in [6.45, 7) is 1.60. The summed E-state index contributed by atoms with van der Waals surface area (Å²) in [5.41, 5.74) is 2.55. The van der Waals surface area contributed by atoms with E-state index < -0.39 is 0 Å². The van der Waals surface area contributed by atoms with Gasteiger partial charge in [0.1, 0.15) is 5.03 Å². The minimum absolute atomic E-state index is 0.170. The number of nitrogens with one attached hydrogen (secondary N) is 1. The number of carbonyl (C=O) groups excluding carboxylic acids is 1. The van der Waals surface area contributed by atoms with Crippen LogP contribution >= 0.6 is 35.0 Å². The minimum Gasteiger partial charge on any atom is -0.325 e. The molecule has 1 aromatic heterocycles. The molecule has 29 heavy (non-hydrogen) atoms. The Morgan fingerprint density at radius 2 is 2.07 bits per heavy atom. The Hall–Kier alpha value is -1.54. The summed E-state index contributed by atoms with van der Waals surface area (Å²) in [4.78, 5) is 31.3. The lowest BCUT2D eigenvalue weighted by molar-refractivity contribution is -0.113. The second kappa shape index (κ2) is 9.98. The second-order valence-corrected chi connectivity index (χ2v) is 9.03. The molecule has 0 unspecified atom stereocenters. The predicted molar refractivity (Wildman–Crippen MR) is 120 cm³/mol. The van der Waals surface area contributed by atoms with Crippen LogP contribution in [0.4, 0.5) is 5.69 Å². The summed E-state index contributed by atoms with van der Waals surface area (Å²) >= 11 is 13.2. The highest BCUT2D eigenvalue weighted by Crippen LogP contribution is 2.30. The summed E-state index contributed by atoms with van der Waals surface area (Å²) in [5, 5.41) is 4.29. The van der Waals surface area contributed by atoms with Gasteiger partial charge in [-0.2, -0.15) is 4.98 Å². The molecule has 0 atom stereocenters. The first-order valence-corrected chi connectivity index (χ1v) is 11.2. The zero-order valence-electron chi connectivity index (χ0n) is 16.5. The highest BCUT2D eigenvalue weighted by Gasteiger charge is 2.22. The lowest BCUT2D eigenvalue weighted by Crippen LogP contribution is -2.29. The molecule has 1 heterocycles. The number of fused-ring (bicyclic) bond motifs is 1. The van der Waals surface area contributed by atoms with E-state index in [1.165, 1.54) is 11.8 Å². The molecule has 1 aliphatic rings. The Labute approximate surface area is 184 Å². The average Bonchev–Trinajstić information content (AvgIpc) is 3.14. The van der Waals surface area contributed by atoms with Gasteiger partial charge in [-0.1, -0.05) is 35.0 Å². The van der Waals surface area contributed by atoms with Crippen molar-refractivity contribution in [3.05, 3.63) is 50.0 Å². The van der Waals surface area contributed by atoms with Gasteiger partial charge in [0.15, 0.2) is 0 Å². The first-order chi connectivity index (χ1) is 13.8. The third kappa shape index (κ3) is 5.75. The summed E-state index contributed by atoms with van der Waals surface area (Å²) in [6, 6.07) is 4.94. The van der Waals surface area contributed by atoms with E-state index in [1.54, 1.807) is 18.2 Å². The molecule has 0 saturated carbocycles. The Morgan fingerprint density at radius 3 is 2.79 bits per heavy atom. The van der Waals surface area contributed by atoms with Crippen molar-refractivity contribution in [2.24, 2.45) is 0 Å². The van der Waals surface area contributed by atoms with Gasteiger partial charge in [0.2, 0.25) is 5.91 Å². The summed E-state index contributed by atoms with van der Waals surface area (Å²) in [6.07, 6.45) is 3.70. The van der Waals surface area contributed by atoms with Crippen LogP contribution in [0.2, 0.25) is 10.0 Å². The standard InChI is InChI=1S/C20H24Cl2N4O2S/c1-25(2)9-4-10-26-17-6-3-5-14(17)19(24-20(26)28)29-12-18(27)23-13-7-8-15(21)16(22)11-13/h7-8,11H,3-6,9-10,12H2,1-2H3,(H,23,27). The van der Waals surface area contributed by atoms with Crippen LogP contribution in [-0.2, 0) is 24.2 Å². The quantitative estimate of drug-likeness (QED) is 0.486. The number of amides is 1. The molecule has 1 N–H and O–H groups in total. The van der Waals surface area contributed by atoms with E-state index >= 15 is 0 Å². The maximum atomic E-state index is 12.6. The number of thioether (sulfide) groups is 1. The number of anilines is 1. The van der Waals surface area contributed by atoms with Gasteiger partial charge in [-0.3, -0.25) is 9.36 Å². The van der Waals surface area contributed by atoms with Gasteiger partial charge in [0, 0.05) is 23.5 Å². The molecule has 0 radical (unpaired) electrons. The molecule has 1 aromatic carbocycles. The maximum absolute atomic E-state index is 12.6. The number of carbonyl (C=O) groups is 1. The number of hydrogen-bond acceptors (Lipinski definition) is 5. The van der Waals surface area contributed by atoms with Crippen molar-refractivity contribution in [2.75, 3.05) is 31.7 Å². The molecule has 9 heteroatoms. The molecule has 0 spiro atoms. The lowest BCUT2D eigenvalue weighted by atomic mass is 10.2. The van der Waals surface area contributed by atoms with E-state index in [1.807, 2.05) is 18.7 Å². The molecule has 0 saturated heterocycles. The highest BCUT2D eigenvalue weighted by molar-refractivity contribution is 8.00. The van der Waals surface area contributed by atoms with Crippen molar-refractivity contribution in [3.63, 3.8) is 0 Å². The zero-order valence-corrected chi connectivity index (χ0v) is 18.8. The van der Waals surface area contributed by atoms with Gasteiger partial charge < -0.3 is 10.2 Å². The van der Waals surface area contributed by atoms with Gasteiger partial charge in [-0.15, -0.1) is 0 Å². The fraction of sp³-hybridized carbons (Fsp3) is 0.450. The molecule has 2 aromatic rings. The van der Waals surface area contributed by atoms with Crippen LogP contribution in [0.15, 0.2) is 28.0 Å². The number of rotatable bonds is 8.